The van der Waals surface area contributed by atoms with Crippen LogP contribution in [0.4, 0.5) is 17.2 Å². The summed E-state index contributed by atoms with van der Waals surface area (Å²) in [6, 6.07) is 7.35. The number of anilines is 3. The molecule has 1 aromatic carbocycles. The molecule has 0 unspecified atom stereocenters. The van der Waals surface area contributed by atoms with E-state index < -0.39 is 0 Å². The summed E-state index contributed by atoms with van der Waals surface area (Å²) in [7, 11) is 0. The van der Waals surface area contributed by atoms with Crippen molar-refractivity contribution in [1.82, 2.24) is 14.6 Å². The second-order valence-corrected chi connectivity index (χ2v) is 7.68. The van der Waals surface area contributed by atoms with Crippen LogP contribution in [0, 0.1) is 0 Å². The summed E-state index contributed by atoms with van der Waals surface area (Å²) in [5.41, 5.74) is 15.3. The van der Waals surface area contributed by atoms with Crippen LogP contribution in [0.15, 0.2) is 30.5 Å². The van der Waals surface area contributed by atoms with Crippen molar-refractivity contribution in [3.63, 3.8) is 0 Å². The lowest BCUT2D eigenvalue weighted by Crippen LogP contribution is -2.25. The number of hydrogen-bond acceptors (Lipinski definition) is 5. The SMILES string of the molecule is Nc1cc(Nc2cc(Cl)cc(Cl)c2)c2nc(C3CCC(N)CC3)cn2n1. The molecule has 0 spiro atoms. The molecule has 2 heterocycles. The van der Waals surface area contributed by atoms with Crippen molar-refractivity contribution in [2.45, 2.75) is 37.6 Å². The summed E-state index contributed by atoms with van der Waals surface area (Å²) in [4.78, 5) is 4.82. The monoisotopic (exact) mass is 390 g/mol. The van der Waals surface area contributed by atoms with E-state index in [9.17, 15) is 0 Å². The molecule has 1 aliphatic rings. The van der Waals surface area contributed by atoms with Crippen LogP contribution in [0.5, 0.6) is 0 Å². The number of nitrogen functional groups attached to an aromatic ring is 1. The van der Waals surface area contributed by atoms with E-state index in [1.807, 2.05) is 6.20 Å². The van der Waals surface area contributed by atoms with Gasteiger partial charge in [0.25, 0.3) is 0 Å². The number of benzene rings is 1. The Kier molecular flexibility index (Phi) is 4.65. The Bertz CT molecular complexity index is 926. The van der Waals surface area contributed by atoms with Gasteiger partial charge in [0.1, 0.15) is 5.82 Å². The van der Waals surface area contributed by atoms with Gasteiger partial charge in [0.2, 0.25) is 0 Å². The fourth-order valence-electron chi connectivity index (χ4n) is 3.50. The molecule has 1 fully saturated rings. The highest BCUT2D eigenvalue weighted by Gasteiger charge is 2.23. The number of aromatic nitrogens is 3. The Morgan fingerprint density at radius 2 is 1.73 bits per heavy atom. The second-order valence-electron chi connectivity index (χ2n) is 6.81. The van der Waals surface area contributed by atoms with Gasteiger partial charge < -0.3 is 16.8 Å². The van der Waals surface area contributed by atoms with Gasteiger partial charge in [0, 0.05) is 33.8 Å². The average Bonchev–Trinajstić information content (AvgIpc) is 2.98. The smallest absolute Gasteiger partial charge is 0.177 e. The number of nitrogens with zero attached hydrogens (tertiary/aromatic N) is 3. The molecule has 136 valence electrons. The van der Waals surface area contributed by atoms with Crippen molar-refractivity contribution >= 4 is 46.0 Å². The Morgan fingerprint density at radius 1 is 1.04 bits per heavy atom. The predicted molar refractivity (Wildman–Crippen MR) is 106 cm³/mol. The molecule has 1 saturated carbocycles. The third-order valence-corrected chi connectivity index (χ3v) is 5.23. The maximum Gasteiger partial charge on any atom is 0.177 e. The second kappa shape index (κ2) is 6.95. The topological polar surface area (TPSA) is 94.3 Å². The standard InChI is InChI=1S/C18H20Cl2N6/c19-11-5-12(20)7-14(6-11)23-15-8-17(22)25-26-9-16(24-18(15)26)10-1-3-13(21)4-2-10/h5-10,13,23H,1-4,21H2,(H2,22,25). The van der Waals surface area contributed by atoms with Gasteiger partial charge in [-0.15, -0.1) is 5.10 Å². The Labute approximate surface area is 161 Å². The zero-order chi connectivity index (χ0) is 18.3. The first-order chi connectivity index (χ1) is 12.5. The van der Waals surface area contributed by atoms with E-state index in [4.69, 9.17) is 39.7 Å². The average molecular weight is 391 g/mol. The van der Waals surface area contributed by atoms with Crippen LogP contribution in [0.25, 0.3) is 5.65 Å². The van der Waals surface area contributed by atoms with Crippen molar-refractivity contribution in [2.24, 2.45) is 5.73 Å². The van der Waals surface area contributed by atoms with Crippen LogP contribution in [-0.2, 0) is 0 Å². The summed E-state index contributed by atoms with van der Waals surface area (Å²) in [5, 5.41) is 8.77. The molecule has 3 aromatic rings. The lowest BCUT2D eigenvalue weighted by atomic mass is 9.85. The lowest BCUT2D eigenvalue weighted by Gasteiger charge is -2.24. The van der Waals surface area contributed by atoms with Crippen LogP contribution >= 0.6 is 23.2 Å². The molecular weight excluding hydrogens is 371 g/mol. The fourth-order valence-corrected chi connectivity index (χ4v) is 4.03. The van der Waals surface area contributed by atoms with Crippen LogP contribution in [0.2, 0.25) is 10.0 Å². The van der Waals surface area contributed by atoms with Crippen LogP contribution in [-0.4, -0.2) is 20.6 Å². The molecule has 26 heavy (non-hydrogen) atoms. The summed E-state index contributed by atoms with van der Waals surface area (Å²) in [5.74, 6) is 0.814. The first-order valence-electron chi connectivity index (χ1n) is 8.62. The molecule has 1 aliphatic carbocycles. The number of nitrogens with one attached hydrogen (secondary N) is 1. The van der Waals surface area contributed by atoms with E-state index in [0.717, 1.165) is 48.4 Å². The van der Waals surface area contributed by atoms with Crippen molar-refractivity contribution in [1.29, 1.82) is 0 Å². The lowest BCUT2D eigenvalue weighted by molar-refractivity contribution is 0.391. The van der Waals surface area contributed by atoms with Crippen LogP contribution in [0.1, 0.15) is 37.3 Å². The van der Waals surface area contributed by atoms with E-state index in [1.54, 1.807) is 28.8 Å². The molecule has 6 nitrogen and oxygen atoms in total. The number of halogens is 2. The maximum atomic E-state index is 6.09. The molecule has 0 saturated heterocycles. The van der Waals surface area contributed by atoms with Gasteiger partial charge >= 0.3 is 0 Å². The molecule has 0 atom stereocenters. The zero-order valence-electron chi connectivity index (χ0n) is 14.1. The van der Waals surface area contributed by atoms with Gasteiger partial charge in [0.05, 0.1) is 17.6 Å². The van der Waals surface area contributed by atoms with E-state index in [-0.39, 0.29) is 0 Å². The van der Waals surface area contributed by atoms with E-state index in [1.165, 1.54) is 0 Å². The highest BCUT2D eigenvalue weighted by atomic mass is 35.5. The van der Waals surface area contributed by atoms with Crippen molar-refractivity contribution in [2.75, 3.05) is 11.1 Å². The van der Waals surface area contributed by atoms with Crippen molar-refractivity contribution in [3.05, 3.63) is 46.2 Å². The summed E-state index contributed by atoms with van der Waals surface area (Å²) in [6.07, 6.45) is 6.12. The normalized spacial score (nSPS) is 20.4. The first kappa shape index (κ1) is 17.4. The third-order valence-electron chi connectivity index (χ3n) is 4.79. The zero-order valence-corrected chi connectivity index (χ0v) is 15.6. The van der Waals surface area contributed by atoms with Gasteiger partial charge in [-0.05, 0) is 43.9 Å². The molecule has 2 aromatic heterocycles. The Balaban J connectivity index is 1.70. The predicted octanol–water partition coefficient (Wildman–Crippen LogP) is 4.35. The van der Waals surface area contributed by atoms with Gasteiger partial charge in [-0.2, -0.15) is 0 Å². The minimum atomic E-state index is 0.307. The number of imidazole rings is 1. The third kappa shape index (κ3) is 3.58. The first-order valence-corrected chi connectivity index (χ1v) is 9.38. The number of fused-ring (bicyclic) bond motifs is 1. The fraction of sp³-hybridized carbons (Fsp3) is 0.333. The summed E-state index contributed by atoms with van der Waals surface area (Å²) < 4.78 is 1.73. The van der Waals surface area contributed by atoms with Gasteiger partial charge in [-0.25, -0.2) is 9.50 Å². The number of rotatable bonds is 3. The van der Waals surface area contributed by atoms with Crippen molar-refractivity contribution in [3.8, 4) is 0 Å². The molecular formula is C18H20Cl2N6. The summed E-state index contributed by atoms with van der Waals surface area (Å²) in [6.45, 7) is 0. The summed E-state index contributed by atoms with van der Waals surface area (Å²) >= 11 is 12.2. The molecule has 0 radical (unpaired) electrons. The highest BCUT2D eigenvalue weighted by molar-refractivity contribution is 6.35. The van der Waals surface area contributed by atoms with Crippen molar-refractivity contribution < 1.29 is 0 Å². The Hall–Kier alpha value is -2.02. The van der Waals surface area contributed by atoms with Crippen LogP contribution in [0.3, 0.4) is 0 Å². The molecule has 0 amide bonds. The van der Waals surface area contributed by atoms with Gasteiger partial charge in [-0.3, -0.25) is 0 Å². The van der Waals surface area contributed by atoms with Crippen LogP contribution < -0.4 is 16.8 Å². The minimum Gasteiger partial charge on any atom is -0.382 e. The number of nitrogens with two attached hydrogens (primary N) is 2. The quantitative estimate of drug-likeness (QED) is 0.617. The van der Waals surface area contributed by atoms with Gasteiger partial charge in [0.15, 0.2) is 5.65 Å². The molecule has 8 heteroatoms. The largest absolute Gasteiger partial charge is 0.382 e. The molecule has 4 rings (SSSR count). The Morgan fingerprint density at radius 3 is 2.42 bits per heavy atom. The minimum absolute atomic E-state index is 0.307. The van der Waals surface area contributed by atoms with E-state index in [0.29, 0.717) is 27.8 Å². The maximum absolute atomic E-state index is 6.09. The highest BCUT2D eigenvalue weighted by Crippen LogP contribution is 2.33. The molecule has 5 N–H and O–H groups in total. The van der Waals surface area contributed by atoms with E-state index in [2.05, 4.69) is 10.4 Å². The molecule has 0 bridgehead atoms. The number of hydrogen-bond donors (Lipinski definition) is 3. The molecule has 0 aliphatic heterocycles. The van der Waals surface area contributed by atoms with Gasteiger partial charge in [-0.1, -0.05) is 23.2 Å². The van der Waals surface area contributed by atoms with E-state index >= 15 is 0 Å².